The van der Waals surface area contributed by atoms with Gasteiger partial charge >= 0.3 is 0 Å². The Hall–Kier alpha value is -0.0800. The van der Waals surface area contributed by atoms with Gasteiger partial charge in [0, 0.05) is 25.0 Å². The van der Waals surface area contributed by atoms with Crippen molar-refractivity contribution < 1.29 is 0 Å². The highest BCUT2D eigenvalue weighted by Gasteiger charge is 2.33. The lowest BCUT2D eigenvalue weighted by molar-refractivity contribution is 0.0950. The van der Waals surface area contributed by atoms with E-state index in [0.29, 0.717) is 5.41 Å². The zero-order valence-corrected chi connectivity index (χ0v) is 8.10. The summed E-state index contributed by atoms with van der Waals surface area (Å²) >= 11 is 0. The van der Waals surface area contributed by atoms with Crippen LogP contribution in [0.2, 0.25) is 0 Å². The molecule has 2 nitrogen and oxygen atoms in total. The van der Waals surface area contributed by atoms with Gasteiger partial charge in [0.2, 0.25) is 0 Å². The molecule has 2 heteroatoms. The van der Waals surface area contributed by atoms with E-state index in [0.717, 1.165) is 0 Å². The molecule has 0 amide bonds. The third-order valence-electron chi connectivity index (χ3n) is 3.16. The second-order valence-electron chi connectivity index (χ2n) is 4.75. The van der Waals surface area contributed by atoms with Gasteiger partial charge in [0.25, 0.3) is 0 Å². The van der Waals surface area contributed by atoms with Crippen LogP contribution in [0.5, 0.6) is 0 Å². The Balaban J connectivity index is 1.77. The van der Waals surface area contributed by atoms with Crippen molar-refractivity contribution in [2.24, 2.45) is 5.41 Å². The number of hydrogen-bond donors (Lipinski definition) is 1. The monoisotopic (exact) mass is 168 g/mol. The molecule has 12 heavy (non-hydrogen) atoms. The largest absolute Gasteiger partial charge is 0.315 e. The van der Waals surface area contributed by atoms with Gasteiger partial charge in [-0.15, -0.1) is 0 Å². The van der Waals surface area contributed by atoms with Gasteiger partial charge < -0.3 is 10.2 Å². The predicted octanol–water partition coefficient (Wildman–Crippen LogP) is 1.08. The highest BCUT2D eigenvalue weighted by atomic mass is 15.2. The molecule has 0 aliphatic carbocycles. The van der Waals surface area contributed by atoms with E-state index >= 15 is 0 Å². The minimum atomic E-state index is 0.595. The van der Waals surface area contributed by atoms with E-state index in [-0.39, 0.29) is 0 Å². The van der Waals surface area contributed by atoms with Gasteiger partial charge in [0.1, 0.15) is 0 Å². The van der Waals surface area contributed by atoms with E-state index < -0.39 is 0 Å². The van der Waals surface area contributed by atoms with Gasteiger partial charge in [-0.25, -0.2) is 0 Å². The number of piperidine rings is 1. The molecular formula is C10H20N2. The lowest BCUT2D eigenvalue weighted by atomic mass is 9.83. The smallest absolute Gasteiger partial charge is 0.00597 e. The first-order valence-electron chi connectivity index (χ1n) is 5.22. The maximum Gasteiger partial charge on any atom is 0.00597 e. The highest BCUT2D eigenvalue weighted by Crippen LogP contribution is 2.24. The van der Waals surface area contributed by atoms with Crippen LogP contribution in [0.4, 0.5) is 0 Å². The first-order chi connectivity index (χ1) is 5.79. The maximum atomic E-state index is 3.36. The molecule has 2 heterocycles. The van der Waals surface area contributed by atoms with Crippen molar-refractivity contribution in [1.29, 1.82) is 0 Å². The average Bonchev–Trinajstić information content (AvgIpc) is 2.04. The Kier molecular flexibility index (Phi) is 2.37. The summed E-state index contributed by atoms with van der Waals surface area (Å²) in [6, 6.07) is 0. The zero-order chi connectivity index (χ0) is 8.44. The summed E-state index contributed by atoms with van der Waals surface area (Å²) in [5, 5.41) is 3.36. The van der Waals surface area contributed by atoms with Crippen molar-refractivity contribution in [3.8, 4) is 0 Å². The van der Waals surface area contributed by atoms with Crippen LogP contribution in [-0.4, -0.2) is 37.6 Å². The zero-order valence-electron chi connectivity index (χ0n) is 8.10. The van der Waals surface area contributed by atoms with Crippen molar-refractivity contribution in [3.63, 3.8) is 0 Å². The summed E-state index contributed by atoms with van der Waals surface area (Å²) in [6.07, 6.45) is 4.29. The molecule has 2 aliphatic heterocycles. The molecule has 2 rings (SSSR count). The molecule has 2 aliphatic rings. The molecule has 0 radical (unpaired) electrons. The van der Waals surface area contributed by atoms with Crippen molar-refractivity contribution >= 4 is 0 Å². The molecular weight excluding hydrogens is 148 g/mol. The second-order valence-corrected chi connectivity index (χ2v) is 4.75. The molecule has 0 aromatic rings. The molecule has 0 spiro atoms. The SMILES string of the molecule is CC1(CN2CCCCC2)CNC1. The van der Waals surface area contributed by atoms with E-state index in [2.05, 4.69) is 17.1 Å². The molecule has 1 N–H and O–H groups in total. The maximum absolute atomic E-state index is 3.36. The van der Waals surface area contributed by atoms with E-state index in [9.17, 15) is 0 Å². The number of nitrogens with zero attached hydrogens (tertiary/aromatic N) is 1. The van der Waals surface area contributed by atoms with Crippen molar-refractivity contribution in [3.05, 3.63) is 0 Å². The fraction of sp³-hybridized carbons (Fsp3) is 1.00. The van der Waals surface area contributed by atoms with Crippen molar-refractivity contribution in [2.75, 3.05) is 32.7 Å². The molecule has 0 aromatic carbocycles. The van der Waals surface area contributed by atoms with Crippen LogP contribution in [0.3, 0.4) is 0 Å². The Labute approximate surface area is 75.3 Å². The Morgan fingerprint density at radius 3 is 2.33 bits per heavy atom. The van der Waals surface area contributed by atoms with Gasteiger partial charge in [0.15, 0.2) is 0 Å². The van der Waals surface area contributed by atoms with E-state index in [1.807, 2.05) is 0 Å². The molecule has 0 bridgehead atoms. The Bertz CT molecular complexity index is 146. The lowest BCUT2D eigenvalue weighted by Crippen LogP contribution is -2.57. The normalized spacial score (nSPS) is 29.8. The topological polar surface area (TPSA) is 15.3 Å². The lowest BCUT2D eigenvalue weighted by Gasteiger charge is -2.43. The summed E-state index contributed by atoms with van der Waals surface area (Å²) in [7, 11) is 0. The van der Waals surface area contributed by atoms with Crippen LogP contribution in [0.15, 0.2) is 0 Å². The molecule has 2 fully saturated rings. The fourth-order valence-electron chi connectivity index (χ4n) is 2.32. The van der Waals surface area contributed by atoms with Gasteiger partial charge in [-0.3, -0.25) is 0 Å². The number of likely N-dealkylation sites (tertiary alicyclic amines) is 1. The molecule has 0 unspecified atom stereocenters. The standard InChI is InChI=1S/C10H20N2/c1-10(7-11-8-10)9-12-5-3-2-4-6-12/h11H,2-9H2,1H3. The van der Waals surface area contributed by atoms with Gasteiger partial charge in [-0.05, 0) is 25.9 Å². The van der Waals surface area contributed by atoms with Gasteiger partial charge in [0.05, 0.1) is 0 Å². The van der Waals surface area contributed by atoms with Crippen LogP contribution in [0.1, 0.15) is 26.2 Å². The molecule has 70 valence electrons. The number of rotatable bonds is 2. The third-order valence-corrected chi connectivity index (χ3v) is 3.16. The first-order valence-corrected chi connectivity index (χ1v) is 5.22. The van der Waals surface area contributed by atoms with E-state index in [1.165, 1.54) is 52.0 Å². The van der Waals surface area contributed by atoms with E-state index in [4.69, 9.17) is 0 Å². The predicted molar refractivity (Wildman–Crippen MR) is 51.3 cm³/mol. The van der Waals surface area contributed by atoms with Crippen LogP contribution in [0, 0.1) is 5.41 Å². The minimum absolute atomic E-state index is 0.595. The third kappa shape index (κ3) is 1.80. The second kappa shape index (κ2) is 3.35. The Morgan fingerprint density at radius 2 is 1.83 bits per heavy atom. The quantitative estimate of drug-likeness (QED) is 0.664. The minimum Gasteiger partial charge on any atom is -0.315 e. The van der Waals surface area contributed by atoms with Gasteiger partial charge in [-0.2, -0.15) is 0 Å². The Morgan fingerprint density at radius 1 is 1.17 bits per heavy atom. The molecule has 0 atom stereocenters. The fourth-order valence-corrected chi connectivity index (χ4v) is 2.32. The molecule has 2 saturated heterocycles. The first kappa shape index (κ1) is 8.52. The van der Waals surface area contributed by atoms with Crippen molar-refractivity contribution in [2.45, 2.75) is 26.2 Å². The number of nitrogens with one attached hydrogen (secondary N) is 1. The summed E-state index contributed by atoms with van der Waals surface area (Å²) in [4.78, 5) is 2.64. The van der Waals surface area contributed by atoms with Crippen LogP contribution in [-0.2, 0) is 0 Å². The highest BCUT2D eigenvalue weighted by molar-refractivity contribution is 4.91. The van der Waals surface area contributed by atoms with Crippen LogP contribution in [0.25, 0.3) is 0 Å². The van der Waals surface area contributed by atoms with Crippen molar-refractivity contribution in [1.82, 2.24) is 10.2 Å². The number of hydrogen-bond acceptors (Lipinski definition) is 2. The van der Waals surface area contributed by atoms with Crippen LogP contribution < -0.4 is 5.32 Å². The van der Waals surface area contributed by atoms with Crippen LogP contribution >= 0.6 is 0 Å². The summed E-state index contributed by atoms with van der Waals surface area (Å²) in [6.45, 7) is 8.86. The van der Waals surface area contributed by atoms with Gasteiger partial charge in [-0.1, -0.05) is 13.3 Å². The summed E-state index contributed by atoms with van der Waals surface area (Å²) < 4.78 is 0. The van der Waals surface area contributed by atoms with E-state index in [1.54, 1.807) is 0 Å². The summed E-state index contributed by atoms with van der Waals surface area (Å²) in [5.74, 6) is 0. The summed E-state index contributed by atoms with van der Waals surface area (Å²) in [5.41, 5.74) is 0.595. The molecule has 0 saturated carbocycles. The average molecular weight is 168 g/mol. The molecule has 0 aromatic heterocycles.